The van der Waals surface area contributed by atoms with Gasteiger partial charge in [0, 0.05) is 9.65 Å². The zero-order chi connectivity index (χ0) is 19.2. The van der Waals surface area contributed by atoms with Gasteiger partial charge >= 0.3 is 0 Å². The van der Waals surface area contributed by atoms with E-state index in [1.165, 1.54) is 84.7 Å². The number of hydrogen-bond donors (Lipinski definition) is 0. The van der Waals surface area contributed by atoms with Gasteiger partial charge < -0.3 is 0 Å². The Morgan fingerprint density at radius 1 is 0.704 bits per heavy atom. The molecule has 0 bridgehead atoms. The molecule has 2 aromatic rings. The Morgan fingerprint density at radius 3 is 1.56 bits per heavy atom. The van der Waals surface area contributed by atoms with Crippen molar-refractivity contribution in [2.75, 3.05) is 0 Å². The summed E-state index contributed by atoms with van der Waals surface area (Å²) in [5.41, 5.74) is 8.75. The smallest absolute Gasteiger partial charge is 0.0395 e. The van der Waals surface area contributed by atoms with Gasteiger partial charge in [0.05, 0.1) is 0 Å². The van der Waals surface area contributed by atoms with Gasteiger partial charge in [-0.1, -0.05) is 121 Å². The largest absolute Gasteiger partial charge is 0.0839 e. The van der Waals surface area contributed by atoms with E-state index in [9.17, 15) is 0 Å². The Morgan fingerprint density at radius 2 is 1.15 bits per heavy atom. The van der Waals surface area contributed by atoms with Crippen molar-refractivity contribution < 1.29 is 0 Å². The van der Waals surface area contributed by atoms with Crippen LogP contribution in [0.1, 0.15) is 97.1 Å². The van der Waals surface area contributed by atoms with Crippen molar-refractivity contribution in [1.82, 2.24) is 0 Å². The van der Waals surface area contributed by atoms with E-state index in [-0.39, 0.29) is 0 Å². The number of alkyl halides is 2. The summed E-state index contributed by atoms with van der Waals surface area (Å²) in [6.45, 7) is 4.54. The van der Waals surface area contributed by atoms with E-state index in [1.807, 2.05) is 0 Å². The lowest BCUT2D eigenvalue weighted by Crippen LogP contribution is -1.93. The number of rotatable bonds is 10. The van der Waals surface area contributed by atoms with E-state index in [0.29, 0.717) is 9.65 Å². The highest BCUT2D eigenvalue weighted by Gasteiger charge is 2.21. The molecule has 146 valence electrons. The maximum Gasteiger partial charge on any atom is 0.0395 e. The lowest BCUT2D eigenvalue weighted by molar-refractivity contribution is 0.663. The Kier molecular flexibility index (Phi) is 8.02. The fourth-order valence-electron chi connectivity index (χ4n) is 4.12. The van der Waals surface area contributed by atoms with Crippen molar-refractivity contribution in [3.05, 3.63) is 58.7 Å². The second-order valence-electron chi connectivity index (χ2n) is 7.94. The zero-order valence-corrected chi connectivity index (χ0v) is 19.9. The predicted molar refractivity (Wildman–Crippen MR) is 126 cm³/mol. The first-order valence-corrected chi connectivity index (χ1v) is 12.5. The SMILES string of the molecule is CCCCCC(Br)c1ccc2c(c1)Cc1cc(C(Br)CCCCC)ccc1-2. The molecule has 1 aliphatic rings. The first kappa shape index (κ1) is 21.1. The summed E-state index contributed by atoms with van der Waals surface area (Å²) in [4.78, 5) is 0.971. The van der Waals surface area contributed by atoms with Gasteiger partial charge in [-0.05, 0) is 52.6 Å². The molecule has 0 aliphatic heterocycles. The molecule has 0 saturated carbocycles. The maximum absolute atomic E-state index is 3.91. The highest BCUT2D eigenvalue weighted by molar-refractivity contribution is 9.09. The van der Waals surface area contributed by atoms with Crippen LogP contribution in [0.15, 0.2) is 36.4 Å². The van der Waals surface area contributed by atoms with Crippen molar-refractivity contribution in [1.29, 1.82) is 0 Å². The predicted octanol–water partition coefficient (Wildman–Crippen LogP) is 9.29. The minimum Gasteiger partial charge on any atom is -0.0839 e. The van der Waals surface area contributed by atoms with Gasteiger partial charge in [-0.3, -0.25) is 0 Å². The number of hydrogen-bond acceptors (Lipinski definition) is 0. The summed E-state index contributed by atoms with van der Waals surface area (Å²) in [7, 11) is 0. The van der Waals surface area contributed by atoms with Gasteiger partial charge in [-0.25, -0.2) is 0 Å². The number of halogens is 2. The van der Waals surface area contributed by atoms with Crippen LogP contribution < -0.4 is 0 Å². The van der Waals surface area contributed by atoms with Crippen molar-refractivity contribution in [3.63, 3.8) is 0 Å². The van der Waals surface area contributed by atoms with Crippen molar-refractivity contribution >= 4 is 31.9 Å². The summed E-state index contributed by atoms with van der Waals surface area (Å²) in [5, 5.41) is 0. The molecule has 2 heteroatoms. The molecule has 2 unspecified atom stereocenters. The summed E-state index contributed by atoms with van der Waals surface area (Å²) >= 11 is 7.83. The Balaban J connectivity index is 1.71. The Labute approximate surface area is 182 Å². The van der Waals surface area contributed by atoms with Crippen LogP contribution in [0.3, 0.4) is 0 Å². The first-order valence-electron chi connectivity index (χ1n) is 10.7. The summed E-state index contributed by atoms with van der Waals surface area (Å²) in [6, 6.07) is 14.2. The van der Waals surface area contributed by atoms with Gasteiger partial charge in [0.1, 0.15) is 0 Å². The zero-order valence-electron chi connectivity index (χ0n) is 16.7. The highest BCUT2D eigenvalue weighted by Crippen LogP contribution is 2.41. The second-order valence-corrected chi connectivity index (χ2v) is 10.1. The molecule has 2 aromatic carbocycles. The van der Waals surface area contributed by atoms with Crippen LogP contribution >= 0.6 is 31.9 Å². The fourth-order valence-corrected chi connectivity index (χ4v) is 5.34. The lowest BCUT2D eigenvalue weighted by Gasteiger charge is -2.12. The van der Waals surface area contributed by atoms with Crippen molar-refractivity contribution in [2.45, 2.75) is 81.3 Å². The molecule has 3 rings (SSSR count). The van der Waals surface area contributed by atoms with Crippen LogP contribution in [0.4, 0.5) is 0 Å². The third-order valence-corrected chi connectivity index (χ3v) is 7.75. The number of benzene rings is 2. The Hall–Kier alpha value is -0.600. The Bertz CT molecular complexity index is 686. The molecule has 0 aromatic heterocycles. The highest BCUT2D eigenvalue weighted by atomic mass is 79.9. The molecule has 0 nitrogen and oxygen atoms in total. The van der Waals surface area contributed by atoms with Crippen molar-refractivity contribution in [3.8, 4) is 11.1 Å². The van der Waals surface area contributed by atoms with Crippen molar-refractivity contribution in [2.24, 2.45) is 0 Å². The van der Waals surface area contributed by atoms with Crippen LogP contribution in [-0.2, 0) is 6.42 Å². The van der Waals surface area contributed by atoms with E-state index in [4.69, 9.17) is 0 Å². The van der Waals surface area contributed by atoms with E-state index in [0.717, 1.165) is 6.42 Å². The van der Waals surface area contributed by atoms with Gasteiger partial charge in [0.15, 0.2) is 0 Å². The van der Waals surface area contributed by atoms with Crippen LogP contribution in [0, 0.1) is 0 Å². The molecule has 0 radical (unpaired) electrons. The fraction of sp³-hybridized carbons (Fsp3) is 0.520. The van der Waals surface area contributed by atoms with Gasteiger partial charge in [0.25, 0.3) is 0 Å². The molecule has 0 heterocycles. The minimum absolute atomic E-state index is 0.485. The van der Waals surface area contributed by atoms with Crippen LogP contribution in [0.25, 0.3) is 11.1 Å². The average molecular weight is 492 g/mol. The topological polar surface area (TPSA) is 0 Å². The molecule has 2 atom stereocenters. The first-order chi connectivity index (χ1) is 13.1. The molecule has 27 heavy (non-hydrogen) atoms. The summed E-state index contributed by atoms with van der Waals surface area (Å²) in [5.74, 6) is 0. The van der Waals surface area contributed by atoms with Gasteiger partial charge in [0.2, 0.25) is 0 Å². The normalized spacial score (nSPS) is 14.7. The van der Waals surface area contributed by atoms with Gasteiger partial charge in [-0.15, -0.1) is 0 Å². The third kappa shape index (κ3) is 5.26. The second kappa shape index (κ2) is 10.3. The number of unbranched alkanes of at least 4 members (excludes halogenated alkanes) is 4. The average Bonchev–Trinajstić information content (AvgIpc) is 3.05. The quantitative estimate of drug-likeness (QED) is 0.195. The minimum atomic E-state index is 0.485. The summed E-state index contributed by atoms with van der Waals surface area (Å²) < 4.78 is 0. The molecule has 1 aliphatic carbocycles. The van der Waals surface area contributed by atoms with E-state index < -0.39 is 0 Å². The lowest BCUT2D eigenvalue weighted by atomic mass is 9.99. The maximum atomic E-state index is 3.91. The monoisotopic (exact) mass is 490 g/mol. The summed E-state index contributed by atoms with van der Waals surface area (Å²) in [6.07, 6.45) is 11.4. The molecule has 0 N–H and O–H groups in total. The van der Waals surface area contributed by atoms with Crippen LogP contribution in [0.5, 0.6) is 0 Å². The standard InChI is InChI=1S/C25H32Br2/c1-3-5-7-9-24(26)18-11-13-22-20(15-18)17-21-16-19(12-14-23(21)22)25(27)10-8-6-4-2/h11-16,24-25H,3-10,17H2,1-2H3. The molecular formula is C25H32Br2. The molecular weight excluding hydrogens is 460 g/mol. The molecule has 0 amide bonds. The molecule has 0 spiro atoms. The van der Waals surface area contributed by atoms with E-state index in [1.54, 1.807) is 0 Å². The van der Waals surface area contributed by atoms with Gasteiger partial charge in [-0.2, -0.15) is 0 Å². The van der Waals surface area contributed by atoms with Crippen LogP contribution in [-0.4, -0.2) is 0 Å². The third-order valence-electron chi connectivity index (χ3n) is 5.78. The molecule has 0 fully saturated rings. The van der Waals surface area contributed by atoms with Crippen LogP contribution in [0.2, 0.25) is 0 Å². The number of fused-ring (bicyclic) bond motifs is 3. The molecule has 0 saturated heterocycles. The van der Waals surface area contributed by atoms with E-state index in [2.05, 4.69) is 82.1 Å². The van der Waals surface area contributed by atoms with E-state index >= 15 is 0 Å².